The van der Waals surface area contributed by atoms with E-state index >= 15 is 0 Å². The number of aliphatic carboxylic acids is 1. The van der Waals surface area contributed by atoms with Gasteiger partial charge in [0.1, 0.15) is 39.9 Å². The summed E-state index contributed by atoms with van der Waals surface area (Å²) in [4.78, 5) is 63.1. The van der Waals surface area contributed by atoms with Gasteiger partial charge in [-0.05, 0) is 39.8 Å². The van der Waals surface area contributed by atoms with E-state index in [-0.39, 0.29) is 46.6 Å². The van der Waals surface area contributed by atoms with Crippen molar-refractivity contribution < 1.29 is 77.6 Å². The molecule has 2 aliphatic heterocycles. The number of carbonyl (C=O) groups excluding carboxylic acids is 5. The molecule has 2 fully saturated rings. The van der Waals surface area contributed by atoms with Crippen molar-refractivity contribution in [3.8, 4) is 11.5 Å². The molecule has 1 aromatic rings. The number of benzene rings is 1. The number of carboxylic acid groups (broad SMARTS) is 1. The standard InChI is InChI=1S/C23H28N2O10S.Na/c1-22(2,20(29)30)21(31)35-10-34-19(28)15-23(3,4)36-18-14(17(27)25(15)18)24-16(26)13-11(32-5)8-7-9-12(13)33-6;/h7-9,14-15,18H,10H2,1-6H3,(H,24,26)(H,29,30);/q;+1/p-1/t14-,15+,18-;/m1./s1. The Morgan fingerprint density at radius 3 is 2.19 bits per heavy atom. The van der Waals surface area contributed by atoms with Crippen molar-refractivity contribution in [2.45, 2.75) is 49.9 Å². The maximum atomic E-state index is 13.0. The Labute approximate surface area is 240 Å². The first-order chi connectivity index (χ1) is 16.8. The fourth-order valence-corrected chi connectivity index (χ4v) is 5.52. The summed E-state index contributed by atoms with van der Waals surface area (Å²) in [5.74, 6) is -4.13. The van der Waals surface area contributed by atoms with Gasteiger partial charge in [-0.15, -0.1) is 11.8 Å². The van der Waals surface area contributed by atoms with E-state index in [1.54, 1.807) is 32.0 Å². The second-order valence-corrected chi connectivity index (χ2v) is 10.9. The van der Waals surface area contributed by atoms with E-state index in [9.17, 15) is 29.1 Å². The summed E-state index contributed by atoms with van der Waals surface area (Å²) in [5.41, 5.74) is -1.79. The molecule has 2 heterocycles. The summed E-state index contributed by atoms with van der Waals surface area (Å²) < 4.78 is 19.5. The van der Waals surface area contributed by atoms with Crippen LogP contribution in [0.2, 0.25) is 0 Å². The van der Waals surface area contributed by atoms with Crippen LogP contribution >= 0.6 is 11.8 Å². The van der Waals surface area contributed by atoms with E-state index < -0.39 is 64.1 Å². The van der Waals surface area contributed by atoms with Crippen LogP contribution < -0.4 is 49.5 Å². The van der Waals surface area contributed by atoms with E-state index in [4.69, 9.17) is 18.9 Å². The maximum Gasteiger partial charge on any atom is 1.00 e. The summed E-state index contributed by atoms with van der Waals surface area (Å²) in [5, 5.41) is 13.2. The van der Waals surface area contributed by atoms with Gasteiger partial charge in [0.2, 0.25) is 12.7 Å². The molecule has 0 unspecified atom stereocenters. The number of nitrogens with zero attached hydrogens (tertiary/aromatic N) is 1. The van der Waals surface area contributed by atoms with Crippen LogP contribution in [-0.2, 0) is 28.7 Å². The number of amides is 2. The monoisotopic (exact) mass is 546 g/mol. The van der Waals surface area contributed by atoms with Gasteiger partial charge in [-0.1, -0.05) is 6.07 Å². The molecule has 196 valence electrons. The van der Waals surface area contributed by atoms with Crippen LogP contribution in [0, 0.1) is 5.41 Å². The third-order valence-corrected chi connectivity index (χ3v) is 7.59. The third kappa shape index (κ3) is 5.69. The molecule has 14 heteroatoms. The third-order valence-electron chi connectivity index (χ3n) is 6.02. The molecular formula is C23H27N2NaO10S. The van der Waals surface area contributed by atoms with E-state index in [0.717, 1.165) is 13.8 Å². The Bertz CT molecular complexity index is 1090. The van der Waals surface area contributed by atoms with Gasteiger partial charge in [0, 0.05) is 4.75 Å². The number of hydrogen-bond acceptors (Lipinski definition) is 11. The van der Waals surface area contributed by atoms with Crippen molar-refractivity contribution in [2.75, 3.05) is 21.0 Å². The number of hydrogen-bond donors (Lipinski definition) is 1. The van der Waals surface area contributed by atoms with Crippen molar-refractivity contribution >= 4 is 41.5 Å². The first kappa shape index (κ1) is 30.7. The number of fused-ring (bicyclic) bond motifs is 1. The van der Waals surface area contributed by atoms with Crippen LogP contribution in [0.25, 0.3) is 0 Å². The van der Waals surface area contributed by atoms with Gasteiger partial charge in [0.05, 0.1) is 20.2 Å². The quantitative estimate of drug-likeness (QED) is 0.109. The Balaban J connectivity index is 0.00000481. The predicted molar refractivity (Wildman–Crippen MR) is 123 cm³/mol. The summed E-state index contributed by atoms with van der Waals surface area (Å²) >= 11 is 1.30. The van der Waals surface area contributed by atoms with Gasteiger partial charge in [-0.25, -0.2) is 4.79 Å². The smallest absolute Gasteiger partial charge is 0.549 e. The largest absolute Gasteiger partial charge is 1.00 e. The number of thioether (sulfide) groups is 1. The van der Waals surface area contributed by atoms with Crippen molar-refractivity contribution in [2.24, 2.45) is 5.41 Å². The number of carboxylic acids is 1. The minimum atomic E-state index is -1.93. The topological polar surface area (TPSA) is 161 Å². The molecular weight excluding hydrogens is 519 g/mol. The number of methoxy groups -OCH3 is 2. The van der Waals surface area contributed by atoms with Crippen LogP contribution in [0.3, 0.4) is 0 Å². The number of esters is 2. The summed E-state index contributed by atoms with van der Waals surface area (Å²) in [6.07, 6.45) is 0. The SMILES string of the molecule is COc1cccc(OC)c1C(=O)N[C@@H]1C(=O)N2[C@@H]1SC(C)(C)[C@@H]2C(=O)OCOC(=O)C(C)(C)C(=O)[O-].[Na+]. The zero-order chi connectivity index (χ0) is 27.0. The molecule has 0 aliphatic carbocycles. The summed E-state index contributed by atoms with van der Waals surface area (Å²) in [6.45, 7) is 4.85. The van der Waals surface area contributed by atoms with Crippen LogP contribution in [0.1, 0.15) is 38.1 Å². The predicted octanol–water partition coefficient (Wildman–Crippen LogP) is -3.31. The van der Waals surface area contributed by atoms with Crippen LogP contribution in [0.5, 0.6) is 11.5 Å². The average Bonchev–Trinajstić information content (AvgIpc) is 3.08. The van der Waals surface area contributed by atoms with Crippen molar-refractivity contribution in [1.82, 2.24) is 10.2 Å². The normalized spacial score (nSPS) is 21.5. The van der Waals surface area contributed by atoms with Gasteiger partial charge in [-0.3, -0.25) is 14.4 Å². The van der Waals surface area contributed by atoms with E-state index in [1.807, 2.05) is 0 Å². The Kier molecular flexibility index (Phi) is 9.56. The van der Waals surface area contributed by atoms with Crippen molar-refractivity contribution in [3.05, 3.63) is 23.8 Å². The molecule has 0 radical (unpaired) electrons. The number of carbonyl (C=O) groups is 5. The molecule has 37 heavy (non-hydrogen) atoms. The molecule has 2 saturated heterocycles. The number of ether oxygens (including phenoxy) is 4. The number of β-lactam (4-membered cyclic amide) rings is 1. The molecule has 0 spiro atoms. The minimum absolute atomic E-state index is 0. The zero-order valence-electron chi connectivity index (χ0n) is 21.6. The molecule has 1 aromatic carbocycles. The summed E-state index contributed by atoms with van der Waals surface area (Å²) in [6, 6.07) is 2.91. The first-order valence-corrected chi connectivity index (χ1v) is 11.7. The van der Waals surface area contributed by atoms with E-state index in [0.29, 0.717) is 0 Å². The van der Waals surface area contributed by atoms with Gasteiger partial charge < -0.3 is 39.1 Å². The van der Waals surface area contributed by atoms with Gasteiger partial charge >= 0.3 is 41.5 Å². The molecule has 0 aromatic heterocycles. The van der Waals surface area contributed by atoms with Gasteiger partial charge in [0.15, 0.2) is 0 Å². The first-order valence-electron chi connectivity index (χ1n) is 10.8. The van der Waals surface area contributed by atoms with Crippen LogP contribution in [0.4, 0.5) is 0 Å². The molecule has 0 bridgehead atoms. The zero-order valence-corrected chi connectivity index (χ0v) is 24.4. The number of nitrogens with one attached hydrogen (secondary N) is 1. The average molecular weight is 547 g/mol. The molecule has 1 N–H and O–H groups in total. The van der Waals surface area contributed by atoms with Crippen LogP contribution in [-0.4, -0.2) is 77.8 Å². The fraction of sp³-hybridized carbons (Fsp3) is 0.522. The number of rotatable bonds is 9. The van der Waals surface area contributed by atoms with Gasteiger partial charge in [0.25, 0.3) is 5.91 Å². The molecule has 3 atom stereocenters. The molecule has 3 rings (SSSR count). The second-order valence-electron chi connectivity index (χ2n) is 9.17. The Morgan fingerprint density at radius 2 is 1.68 bits per heavy atom. The Morgan fingerprint density at radius 1 is 1.11 bits per heavy atom. The van der Waals surface area contributed by atoms with Crippen molar-refractivity contribution in [1.29, 1.82) is 0 Å². The van der Waals surface area contributed by atoms with Gasteiger partial charge in [-0.2, -0.15) is 0 Å². The van der Waals surface area contributed by atoms with E-state index in [1.165, 1.54) is 30.9 Å². The second kappa shape index (κ2) is 11.5. The molecule has 12 nitrogen and oxygen atoms in total. The van der Waals surface area contributed by atoms with E-state index in [2.05, 4.69) is 5.32 Å². The fourth-order valence-electron chi connectivity index (χ4n) is 3.90. The summed E-state index contributed by atoms with van der Waals surface area (Å²) in [7, 11) is 2.81. The minimum Gasteiger partial charge on any atom is -0.549 e. The maximum absolute atomic E-state index is 13.0. The van der Waals surface area contributed by atoms with Crippen molar-refractivity contribution in [3.63, 3.8) is 0 Å². The molecule has 0 saturated carbocycles. The molecule has 2 aliphatic rings. The molecule has 2 amide bonds. The van der Waals surface area contributed by atoms with Crippen LogP contribution in [0.15, 0.2) is 18.2 Å². The Hall–Kier alpha value is -2.48.